The smallest absolute Gasteiger partial charge is 0.168 e. The summed E-state index contributed by atoms with van der Waals surface area (Å²) in [6, 6.07) is 4.73. The highest BCUT2D eigenvalue weighted by molar-refractivity contribution is 5.33. The monoisotopic (exact) mass is 281 g/mol. The Morgan fingerprint density at radius 1 is 1.20 bits per heavy atom. The molecule has 2 rings (SSSR count). The number of nitrogens with zero attached hydrogens (tertiary/aromatic N) is 1. The van der Waals surface area contributed by atoms with Crippen LogP contribution in [-0.4, -0.2) is 36.7 Å². The lowest BCUT2D eigenvalue weighted by molar-refractivity contribution is 0.0474. The lowest BCUT2D eigenvalue weighted by Gasteiger charge is -2.40. The third-order valence-corrected chi connectivity index (χ3v) is 3.82. The number of hydrogen-bond acceptors (Lipinski definition) is 3. The highest BCUT2D eigenvalue weighted by atomic mass is 19.1. The number of piperidine rings is 1. The number of rotatable bonds is 3. The molecule has 0 N–H and O–H groups in total. The third kappa shape index (κ3) is 3.63. The van der Waals surface area contributed by atoms with E-state index in [1.54, 1.807) is 12.1 Å². The molecule has 1 aromatic rings. The van der Waals surface area contributed by atoms with Gasteiger partial charge in [-0.15, -0.1) is 0 Å². The van der Waals surface area contributed by atoms with Crippen LogP contribution in [-0.2, 0) is 0 Å². The molecule has 0 amide bonds. The molecule has 1 aliphatic rings. The van der Waals surface area contributed by atoms with Crippen molar-refractivity contribution in [1.82, 2.24) is 4.90 Å². The summed E-state index contributed by atoms with van der Waals surface area (Å²) >= 11 is 0. The zero-order valence-corrected chi connectivity index (χ0v) is 12.8. The molecule has 3 nitrogen and oxygen atoms in total. The molecule has 0 aliphatic carbocycles. The first-order chi connectivity index (χ1) is 9.40. The molecule has 20 heavy (non-hydrogen) atoms. The van der Waals surface area contributed by atoms with Crippen LogP contribution in [0, 0.1) is 5.82 Å². The summed E-state index contributed by atoms with van der Waals surface area (Å²) < 4.78 is 24.6. The van der Waals surface area contributed by atoms with Gasteiger partial charge in [-0.1, -0.05) is 0 Å². The molecular weight excluding hydrogens is 257 g/mol. The Morgan fingerprint density at radius 2 is 1.85 bits per heavy atom. The Morgan fingerprint density at radius 3 is 2.35 bits per heavy atom. The van der Waals surface area contributed by atoms with Crippen LogP contribution in [0.5, 0.6) is 11.5 Å². The van der Waals surface area contributed by atoms with Crippen molar-refractivity contribution in [2.24, 2.45) is 0 Å². The first-order valence-electron chi connectivity index (χ1n) is 7.15. The Hall–Kier alpha value is -1.29. The van der Waals surface area contributed by atoms with Gasteiger partial charge in [-0.25, -0.2) is 4.39 Å². The van der Waals surface area contributed by atoms with E-state index in [9.17, 15) is 4.39 Å². The van der Waals surface area contributed by atoms with Crippen molar-refractivity contribution in [3.8, 4) is 11.5 Å². The van der Waals surface area contributed by atoms with Crippen molar-refractivity contribution in [3.05, 3.63) is 24.0 Å². The van der Waals surface area contributed by atoms with E-state index in [1.807, 2.05) is 0 Å². The molecule has 0 saturated carbocycles. The van der Waals surface area contributed by atoms with E-state index in [0.717, 1.165) is 25.9 Å². The van der Waals surface area contributed by atoms with Gasteiger partial charge in [-0.2, -0.15) is 0 Å². The summed E-state index contributed by atoms with van der Waals surface area (Å²) in [5, 5.41) is 0. The van der Waals surface area contributed by atoms with Gasteiger partial charge in [0, 0.05) is 24.7 Å². The number of benzene rings is 1. The Balaban J connectivity index is 1.93. The number of methoxy groups -OCH3 is 1. The standard InChI is InChI=1S/C16H24FNO2/c1-16(2,3)18-9-7-12(8-10-18)20-15-6-5-13(19-4)11-14(15)17/h5-6,11-12H,7-10H2,1-4H3. The van der Waals surface area contributed by atoms with Gasteiger partial charge in [0.25, 0.3) is 0 Å². The third-order valence-electron chi connectivity index (χ3n) is 3.82. The predicted octanol–water partition coefficient (Wildman–Crippen LogP) is 3.48. The van der Waals surface area contributed by atoms with Crippen LogP contribution in [0.15, 0.2) is 18.2 Å². The van der Waals surface area contributed by atoms with Crippen LogP contribution in [0.2, 0.25) is 0 Å². The fourth-order valence-corrected chi connectivity index (χ4v) is 2.53. The molecule has 0 spiro atoms. The fourth-order valence-electron chi connectivity index (χ4n) is 2.53. The second-order valence-corrected chi connectivity index (χ2v) is 6.27. The topological polar surface area (TPSA) is 21.7 Å². The van der Waals surface area contributed by atoms with Crippen molar-refractivity contribution in [2.75, 3.05) is 20.2 Å². The minimum atomic E-state index is -0.359. The second kappa shape index (κ2) is 6.00. The van der Waals surface area contributed by atoms with E-state index < -0.39 is 0 Å². The van der Waals surface area contributed by atoms with E-state index in [4.69, 9.17) is 9.47 Å². The summed E-state index contributed by atoms with van der Waals surface area (Å²) in [6.45, 7) is 8.64. The van der Waals surface area contributed by atoms with E-state index in [-0.39, 0.29) is 17.5 Å². The van der Waals surface area contributed by atoms with Gasteiger partial charge in [0.1, 0.15) is 11.9 Å². The maximum Gasteiger partial charge on any atom is 0.168 e. The van der Waals surface area contributed by atoms with Gasteiger partial charge >= 0.3 is 0 Å². The average Bonchev–Trinajstić information content (AvgIpc) is 2.40. The number of halogens is 1. The van der Waals surface area contributed by atoms with Crippen molar-refractivity contribution >= 4 is 0 Å². The number of ether oxygens (including phenoxy) is 2. The van der Waals surface area contributed by atoms with Gasteiger partial charge in [0.05, 0.1) is 7.11 Å². The maximum atomic E-state index is 13.8. The van der Waals surface area contributed by atoms with Gasteiger partial charge in [-0.3, -0.25) is 4.90 Å². The quantitative estimate of drug-likeness (QED) is 0.846. The summed E-state index contributed by atoms with van der Waals surface area (Å²) in [6.07, 6.45) is 1.96. The van der Waals surface area contributed by atoms with E-state index >= 15 is 0 Å². The van der Waals surface area contributed by atoms with Crippen molar-refractivity contribution in [2.45, 2.75) is 45.3 Å². The van der Waals surface area contributed by atoms with Crippen molar-refractivity contribution in [3.63, 3.8) is 0 Å². The molecule has 1 aliphatic heterocycles. The van der Waals surface area contributed by atoms with Crippen LogP contribution in [0.4, 0.5) is 4.39 Å². The Labute approximate surface area is 120 Å². The van der Waals surface area contributed by atoms with Crippen LogP contribution in [0.3, 0.4) is 0 Å². The molecule has 1 aromatic carbocycles. The lowest BCUT2D eigenvalue weighted by Crippen LogP contribution is -2.48. The molecule has 112 valence electrons. The average molecular weight is 281 g/mol. The van der Waals surface area contributed by atoms with E-state index in [1.165, 1.54) is 13.2 Å². The molecule has 0 bridgehead atoms. The molecule has 1 heterocycles. The van der Waals surface area contributed by atoms with Crippen LogP contribution < -0.4 is 9.47 Å². The SMILES string of the molecule is COc1ccc(OC2CCN(C(C)(C)C)CC2)c(F)c1. The maximum absolute atomic E-state index is 13.8. The molecule has 1 fully saturated rings. The molecule has 0 unspecified atom stereocenters. The normalized spacial score (nSPS) is 18.1. The minimum absolute atomic E-state index is 0.0940. The fraction of sp³-hybridized carbons (Fsp3) is 0.625. The van der Waals surface area contributed by atoms with Crippen molar-refractivity contribution in [1.29, 1.82) is 0 Å². The summed E-state index contributed by atoms with van der Waals surface area (Å²) in [4.78, 5) is 2.44. The molecular formula is C16H24FNO2. The predicted molar refractivity (Wildman–Crippen MR) is 77.9 cm³/mol. The second-order valence-electron chi connectivity index (χ2n) is 6.27. The zero-order valence-electron chi connectivity index (χ0n) is 12.8. The van der Waals surface area contributed by atoms with Crippen LogP contribution in [0.1, 0.15) is 33.6 Å². The lowest BCUT2D eigenvalue weighted by atomic mass is 9.99. The minimum Gasteiger partial charge on any atom is -0.497 e. The van der Waals surface area contributed by atoms with Gasteiger partial charge in [0.2, 0.25) is 0 Å². The number of hydrogen-bond donors (Lipinski definition) is 0. The van der Waals surface area contributed by atoms with Gasteiger partial charge in [0.15, 0.2) is 11.6 Å². The molecule has 4 heteroatoms. The van der Waals surface area contributed by atoms with Crippen LogP contribution >= 0.6 is 0 Å². The highest BCUT2D eigenvalue weighted by Gasteiger charge is 2.28. The summed E-state index contributed by atoms with van der Waals surface area (Å²) in [5.41, 5.74) is 0.191. The first-order valence-corrected chi connectivity index (χ1v) is 7.15. The van der Waals surface area contributed by atoms with Gasteiger partial charge in [-0.05, 0) is 45.7 Å². The van der Waals surface area contributed by atoms with Gasteiger partial charge < -0.3 is 9.47 Å². The van der Waals surface area contributed by atoms with Crippen LogP contribution in [0.25, 0.3) is 0 Å². The summed E-state index contributed by atoms with van der Waals surface area (Å²) in [5.74, 6) is 0.472. The zero-order chi connectivity index (χ0) is 14.8. The highest BCUT2D eigenvalue weighted by Crippen LogP contribution is 2.27. The Kier molecular flexibility index (Phi) is 4.53. The Bertz CT molecular complexity index is 448. The first kappa shape index (κ1) is 15.1. The molecule has 0 radical (unpaired) electrons. The molecule has 0 aromatic heterocycles. The van der Waals surface area contributed by atoms with E-state index in [0.29, 0.717) is 11.5 Å². The van der Waals surface area contributed by atoms with E-state index in [2.05, 4.69) is 25.7 Å². The largest absolute Gasteiger partial charge is 0.497 e. The van der Waals surface area contributed by atoms with Crippen molar-refractivity contribution < 1.29 is 13.9 Å². The summed E-state index contributed by atoms with van der Waals surface area (Å²) in [7, 11) is 1.53. The molecule has 1 saturated heterocycles. The number of likely N-dealkylation sites (tertiary alicyclic amines) is 1. The molecule has 0 atom stereocenters.